The van der Waals surface area contributed by atoms with Crippen molar-refractivity contribution in [1.29, 1.82) is 0 Å². The fraction of sp³-hybridized carbons (Fsp3) is 0.440. The van der Waals surface area contributed by atoms with Crippen LogP contribution in [0.4, 0.5) is 22.7 Å². The highest BCUT2D eigenvalue weighted by molar-refractivity contribution is 6.07. The van der Waals surface area contributed by atoms with Crippen LogP contribution in [0.15, 0.2) is 36.4 Å². The van der Waals surface area contributed by atoms with Crippen molar-refractivity contribution in [3.8, 4) is 0 Å². The van der Waals surface area contributed by atoms with E-state index in [9.17, 15) is 19.7 Å². The second kappa shape index (κ2) is 10.7. The SMILES string of the molecule is CCN1CCN(c2ccc(C(=O)OC)cc2NC(=O)c2ccc(N3CCCC3)c([N+](=O)[O-])c2)CC1. The summed E-state index contributed by atoms with van der Waals surface area (Å²) in [6.45, 7) is 7.99. The van der Waals surface area contributed by atoms with Crippen molar-refractivity contribution in [2.24, 2.45) is 0 Å². The summed E-state index contributed by atoms with van der Waals surface area (Å²) in [4.78, 5) is 43.2. The summed E-state index contributed by atoms with van der Waals surface area (Å²) >= 11 is 0. The third-order valence-electron chi connectivity index (χ3n) is 6.71. The zero-order valence-electron chi connectivity index (χ0n) is 20.2. The van der Waals surface area contributed by atoms with Crippen LogP contribution < -0.4 is 15.1 Å². The third kappa shape index (κ3) is 5.37. The fourth-order valence-corrected chi connectivity index (χ4v) is 4.69. The number of nitro groups is 1. The monoisotopic (exact) mass is 481 g/mol. The maximum atomic E-state index is 13.2. The lowest BCUT2D eigenvalue weighted by Crippen LogP contribution is -2.46. The average Bonchev–Trinajstić information content (AvgIpc) is 3.43. The number of nitrogens with one attached hydrogen (secondary N) is 1. The Morgan fingerprint density at radius 1 is 0.943 bits per heavy atom. The van der Waals surface area contributed by atoms with Gasteiger partial charge in [-0.25, -0.2) is 4.79 Å². The normalized spacial score (nSPS) is 16.3. The minimum atomic E-state index is -0.506. The van der Waals surface area contributed by atoms with Crippen LogP contribution in [-0.2, 0) is 4.74 Å². The first-order valence-electron chi connectivity index (χ1n) is 12.0. The minimum absolute atomic E-state index is 0.0845. The summed E-state index contributed by atoms with van der Waals surface area (Å²) in [7, 11) is 1.31. The Bertz CT molecular complexity index is 1110. The van der Waals surface area contributed by atoms with Crippen molar-refractivity contribution in [2.75, 3.05) is 68.0 Å². The van der Waals surface area contributed by atoms with Gasteiger partial charge in [0.25, 0.3) is 11.6 Å². The van der Waals surface area contributed by atoms with Crippen molar-refractivity contribution in [2.45, 2.75) is 19.8 Å². The van der Waals surface area contributed by atoms with Crippen LogP contribution in [0.1, 0.15) is 40.5 Å². The first-order chi connectivity index (χ1) is 16.9. The van der Waals surface area contributed by atoms with E-state index in [0.29, 0.717) is 16.9 Å². The summed E-state index contributed by atoms with van der Waals surface area (Å²) in [5.74, 6) is -0.981. The number of esters is 1. The van der Waals surface area contributed by atoms with Crippen molar-refractivity contribution in [3.63, 3.8) is 0 Å². The molecule has 1 N–H and O–H groups in total. The molecule has 0 radical (unpaired) electrons. The number of hydrogen-bond acceptors (Lipinski definition) is 8. The molecule has 0 unspecified atom stereocenters. The number of anilines is 3. The number of nitro benzene ring substituents is 1. The van der Waals surface area contributed by atoms with E-state index >= 15 is 0 Å². The summed E-state index contributed by atoms with van der Waals surface area (Å²) in [6, 6.07) is 9.67. The van der Waals surface area contributed by atoms with E-state index in [0.717, 1.165) is 64.3 Å². The lowest BCUT2D eigenvalue weighted by atomic mass is 10.1. The van der Waals surface area contributed by atoms with Crippen LogP contribution >= 0.6 is 0 Å². The van der Waals surface area contributed by atoms with Gasteiger partial charge in [-0.15, -0.1) is 0 Å². The Hall–Kier alpha value is -3.66. The van der Waals surface area contributed by atoms with Crippen LogP contribution in [0.5, 0.6) is 0 Å². The summed E-state index contributed by atoms with van der Waals surface area (Å²) < 4.78 is 4.85. The number of methoxy groups -OCH3 is 1. The van der Waals surface area contributed by atoms with E-state index in [2.05, 4.69) is 22.0 Å². The van der Waals surface area contributed by atoms with Crippen LogP contribution in [0.25, 0.3) is 0 Å². The first kappa shape index (κ1) is 24.5. The summed E-state index contributed by atoms with van der Waals surface area (Å²) in [6.07, 6.45) is 1.98. The van der Waals surface area contributed by atoms with Crippen molar-refractivity contribution < 1.29 is 19.2 Å². The number of carbonyl (C=O) groups is 2. The average molecular weight is 482 g/mol. The predicted octanol–water partition coefficient (Wildman–Crippen LogP) is 3.38. The van der Waals surface area contributed by atoms with Gasteiger partial charge in [-0.1, -0.05) is 6.92 Å². The molecule has 2 aliphatic rings. The number of likely N-dealkylation sites (N-methyl/N-ethyl adjacent to an activating group) is 1. The minimum Gasteiger partial charge on any atom is -0.465 e. The molecule has 4 rings (SSSR count). The Kier molecular flexibility index (Phi) is 7.50. The van der Waals surface area contributed by atoms with Gasteiger partial charge in [0, 0.05) is 50.9 Å². The van der Waals surface area contributed by atoms with Crippen molar-refractivity contribution >= 4 is 34.6 Å². The van der Waals surface area contributed by atoms with Gasteiger partial charge in [-0.05, 0) is 49.7 Å². The molecule has 35 heavy (non-hydrogen) atoms. The van der Waals surface area contributed by atoms with Gasteiger partial charge in [-0.3, -0.25) is 14.9 Å². The largest absolute Gasteiger partial charge is 0.465 e. The second-order valence-corrected chi connectivity index (χ2v) is 8.75. The van der Waals surface area contributed by atoms with Gasteiger partial charge < -0.3 is 24.8 Å². The van der Waals surface area contributed by atoms with E-state index in [1.807, 2.05) is 11.0 Å². The molecule has 1 amide bonds. The quantitative estimate of drug-likeness (QED) is 0.364. The molecule has 10 heteroatoms. The van der Waals surface area contributed by atoms with Gasteiger partial charge in [0.1, 0.15) is 5.69 Å². The third-order valence-corrected chi connectivity index (χ3v) is 6.71. The number of rotatable bonds is 7. The van der Waals surface area contributed by atoms with Crippen molar-refractivity contribution in [3.05, 3.63) is 57.6 Å². The van der Waals surface area contributed by atoms with E-state index in [1.54, 1.807) is 24.3 Å². The standard InChI is InChI=1S/C25H31N5O5/c1-3-27-12-14-29(15-13-27)21-8-7-19(25(32)35-2)16-20(21)26-24(31)18-6-9-22(23(17-18)30(33)34)28-10-4-5-11-28/h6-9,16-17H,3-5,10-15H2,1-2H3,(H,26,31). The molecule has 0 saturated carbocycles. The van der Waals surface area contributed by atoms with E-state index < -0.39 is 16.8 Å². The van der Waals surface area contributed by atoms with E-state index in [-0.39, 0.29) is 11.3 Å². The second-order valence-electron chi connectivity index (χ2n) is 8.75. The zero-order chi connectivity index (χ0) is 24.9. The molecule has 0 spiro atoms. The lowest BCUT2D eigenvalue weighted by molar-refractivity contribution is -0.384. The van der Waals surface area contributed by atoms with Gasteiger partial charge in [0.2, 0.25) is 0 Å². The van der Waals surface area contributed by atoms with Crippen LogP contribution in [-0.4, -0.2) is 74.6 Å². The number of nitrogens with zero attached hydrogens (tertiary/aromatic N) is 4. The lowest BCUT2D eigenvalue weighted by Gasteiger charge is -2.36. The number of amides is 1. The number of benzene rings is 2. The molecule has 2 aromatic carbocycles. The van der Waals surface area contributed by atoms with E-state index in [1.165, 1.54) is 13.2 Å². The molecular weight excluding hydrogens is 450 g/mol. The van der Waals surface area contributed by atoms with E-state index in [4.69, 9.17) is 4.74 Å². The molecule has 0 atom stereocenters. The smallest absolute Gasteiger partial charge is 0.337 e. The maximum absolute atomic E-state index is 13.2. The van der Waals surface area contributed by atoms with Crippen molar-refractivity contribution in [1.82, 2.24) is 4.90 Å². The molecule has 0 aromatic heterocycles. The van der Waals surface area contributed by atoms with Crippen LogP contribution in [0.2, 0.25) is 0 Å². The van der Waals surface area contributed by atoms with Crippen LogP contribution in [0.3, 0.4) is 0 Å². The Balaban J connectivity index is 1.62. The molecule has 2 aromatic rings. The van der Waals surface area contributed by atoms with Gasteiger partial charge in [0.05, 0.1) is 29.0 Å². The highest BCUT2D eigenvalue weighted by Crippen LogP contribution is 2.33. The molecule has 2 heterocycles. The molecule has 0 aliphatic carbocycles. The fourth-order valence-electron chi connectivity index (χ4n) is 4.69. The summed E-state index contributed by atoms with van der Waals surface area (Å²) in [5.41, 5.74) is 2.21. The number of carbonyl (C=O) groups excluding carboxylic acids is 2. The first-order valence-corrected chi connectivity index (χ1v) is 12.0. The zero-order valence-corrected chi connectivity index (χ0v) is 20.2. The molecular formula is C25H31N5O5. The number of hydrogen-bond donors (Lipinski definition) is 1. The molecule has 10 nitrogen and oxygen atoms in total. The Morgan fingerprint density at radius 3 is 2.20 bits per heavy atom. The molecule has 2 saturated heterocycles. The summed E-state index contributed by atoms with van der Waals surface area (Å²) in [5, 5.41) is 14.6. The van der Waals surface area contributed by atoms with Crippen LogP contribution in [0, 0.1) is 10.1 Å². The highest BCUT2D eigenvalue weighted by Gasteiger charge is 2.25. The Labute approximate surface area is 204 Å². The Morgan fingerprint density at radius 2 is 1.57 bits per heavy atom. The van der Waals surface area contributed by atoms with Gasteiger partial charge in [0.15, 0.2) is 0 Å². The number of ether oxygens (including phenoxy) is 1. The number of piperazine rings is 1. The van der Waals surface area contributed by atoms with Gasteiger partial charge >= 0.3 is 5.97 Å². The molecule has 2 fully saturated rings. The molecule has 0 bridgehead atoms. The topological polar surface area (TPSA) is 108 Å². The molecule has 2 aliphatic heterocycles. The molecule has 186 valence electrons. The predicted molar refractivity (Wildman–Crippen MR) is 135 cm³/mol. The maximum Gasteiger partial charge on any atom is 0.337 e. The van der Waals surface area contributed by atoms with Gasteiger partial charge in [-0.2, -0.15) is 0 Å². The highest BCUT2D eigenvalue weighted by atomic mass is 16.6.